The molecular formula is C17H25N. The zero-order valence-corrected chi connectivity index (χ0v) is 11.9. The molecule has 2 rings (SSSR count). The maximum atomic E-state index is 6.52. The van der Waals surface area contributed by atoms with Crippen molar-refractivity contribution in [2.75, 3.05) is 0 Å². The fourth-order valence-corrected chi connectivity index (χ4v) is 3.19. The second kappa shape index (κ2) is 5.71. The van der Waals surface area contributed by atoms with Crippen LogP contribution in [0.25, 0.3) is 0 Å². The fourth-order valence-electron chi connectivity index (χ4n) is 3.19. The molecule has 0 saturated carbocycles. The van der Waals surface area contributed by atoms with Crippen molar-refractivity contribution in [3.63, 3.8) is 0 Å². The summed E-state index contributed by atoms with van der Waals surface area (Å²) in [6, 6.07) is 4.60. The second-order valence-electron chi connectivity index (χ2n) is 5.67. The monoisotopic (exact) mass is 243 g/mol. The number of nitrogens with two attached hydrogens (primary N) is 1. The summed E-state index contributed by atoms with van der Waals surface area (Å²) in [5, 5.41) is 0. The summed E-state index contributed by atoms with van der Waals surface area (Å²) in [6.45, 7) is 6.53. The third-order valence-corrected chi connectivity index (χ3v) is 4.02. The van der Waals surface area contributed by atoms with Crippen molar-refractivity contribution in [3.8, 4) is 0 Å². The van der Waals surface area contributed by atoms with Gasteiger partial charge in [-0.2, -0.15) is 0 Å². The Bertz CT molecular complexity index is 434. The normalized spacial score (nSPS) is 18.1. The SMILES string of the molecule is Cc1cc(C)c(C(N)C2=CCCCCC2)c(C)c1. The van der Waals surface area contributed by atoms with E-state index in [0.29, 0.717) is 0 Å². The van der Waals surface area contributed by atoms with Gasteiger partial charge in [0.25, 0.3) is 0 Å². The van der Waals surface area contributed by atoms with Crippen molar-refractivity contribution in [2.24, 2.45) is 5.73 Å². The van der Waals surface area contributed by atoms with Crippen molar-refractivity contribution in [3.05, 3.63) is 46.0 Å². The Kier molecular flexibility index (Phi) is 4.23. The Balaban J connectivity index is 2.33. The summed E-state index contributed by atoms with van der Waals surface area (Å²) in [6.07, 6.45) is 8.72. The van der Waals surface area contributed by atoms with Gasteiger partial charge in [0.1, 0.15) is 0 Å². The molecule has 0 spiro atoms. The molecule has 1 unspecified atom stereocenters. The van der Waals surface area contributed by atoms with E-state index in [9.17, 15) is 0 Å². The second-order valence-corrected chi connectivity index (χ2v) is 5.67. The Morgan fingerprint density at radius 2 is 1.67 bits per heavy atom. The van der Waals surface area contributed by atoms with E-state index in [1.54, 1.807) is 0 Å². The van der Waals surface area contributed by atoms with Crippen LogP contribution in [-0.2, 0) is 0 Å². The molecule has 0 heterocycles. The summed E-state index contributed by atoms with van der Waals surface area (Å²) in [7, 11) is 0. The standard InChI is InChI=1S/C17H25N/c1-12-10-13(2)16(14(3)11-12)17(18)15-8-6-4-5-7-9-15/h8,10-11,17H,4-7,9,18H2,1-3H3. The van der Waals surface area contributed by atoms with Crippen LogP contribution >= 0.6 is 0 Å². The molecule has 1 aliphatic rings. The molecule has 18 heavy (non-hydrogen) atoms. The third-order valence-electron chi connectivity index (χ3n) is 4.02. The van der Waals surface area contributed by atoms with Gasteiger partial charge < -0.3 is 5.73 Å². The quantitative estimate of drug-likeness (QED) is 0.760. The Labute approximate surface area is 111 Å². The first kappa shape index (κ1) is 13.4. The summed E-state index contributed by atoms with van der Waals surface area (Å²) < 4.78 is 0. The van der Waals surface area contributed by atoms with Crippen LogP contribution in [0.1, 0.15) is 60.4 Å². The number of hydrogen-bond acceptors (Lipinski definition) is 1. The van der Waals surface area contributed by atoms with Crippen molar-refractivity contribution < 1.29 is 0 Å². The van der Waals surface area contributed by atoms with Crippen LogP contribution in [0.4, 0.5) is 0 Å². The molecule has 1 heteroatoms. The minimum atomic E-state index is 0.101. The van der Waals surface area contributed by atoms with E-state index in [2.05, 4.69) is 39.0 Å². The minimum Gasteiger partial charge on any atom is -0.321 e. The predicted molar refractivity (Wildman–Crippen MR) is 78.7 cm³/mol. The van der Waals surface area contributed by atoms with Crippen molar-refractivity contribution >= 4 is 0 Å². The molecule has 1 atom stereocenters. The number of allylic oxidation sites excluding steroid dienone is 1. The van der Waals surface area contributed by atoms with Gasteiger partial charge in [-0.25, -0.2) is 0 Å². The average molecular weight is 243 g/mol. The van der Waals surface area contributed by atoms with Gasteiger partial charge in [-0.1, -0.05) is 35.8 Å². The molecule has 0 fully saturated rings. The van der Waals surface area contributed by atoms with Gasteiger partial charge in [0.05, 0.1) is 6.04 Å². The number of rotatable bonds is 2. The zero-order chi connectivity index (χ0) is 13.1. The lowest BCUT2D eigenvalue weighted by Gasteiger charge is -2.21. The summed E-state index contributed by atoms with van der Waals surface area (Å²) in [4.78, 5) is 0. The van der Waals surface area contributed by atoms with Crippen LogP contribution in [0.3, 0.4) is 0 Å². The first-order valence-electron chi connectivity index (χ1n) is 7.12. The van der Waals surface area contributed by atoms with E-state index < -0.39 is 0 Å². The molecule has 0 radical (unpaired) electrons. The van der Waals surface area contributed by atoms with Crippen LogP contribution in [0, 0.1) is 20.8 Å². The highest BCUT2D eigenvalue weighted by atomic mass is 14.6. The number of aryl methyl sites for hydroxylation is 3. The zero-order valence-electron chi connectivity index (χ0n) is 11.9. The first-order chi connectivity index (χ1) is 8.59. The lowest BCUT2D eigenvalue weighted by atomic mass is 9.89. The molecule has 1 aromatic carbocycles. The molecular weight excluding hydrogens is 218 g/mol. The molecule has 1 nitrogen and oxygen atoms in total. The van der Waals surface area contributed by atoms with E-state index in [1.807, 2.05) is 0 Å². The van der Waals surface area contributed by atoms with Crippen LogP contribution < -0.4 is 5.73 Å². The highest BCUT2D eigenvalue weighted by molar-refractivity contribution is 5.43. The van der Waals surface area contributed by atoms with Gasteiger partial charge in [-0.05, 0) is 63.1 Å². The Morgan fingerprint density at radius 1 is 1.00 bits per heavy atom. The maximum Gasteiger partial charge on any atom is 0.0516 e. The molecule has 0 bridgehead atoms. The molecule has 2 N–H and O–H groups in total. The average Bonchev–Trinajstić information content (AvgIpc) is 2.55. The van der Waals surface area contributed by atoms with E-state index in [-0.39, 0.29) is 6.04 Å². The predicted octanol–water partition coefficient (Wildman–Crippen LogP) is 4.50. The topological polar surface area (TPSA) is 26.0 Å². The smallest absolute Gasteiger partial charge is 0.0516 e. The Hall–Kier alpha value is -1.08. The van der Waals surface area contributed by atoms with Crippen molar-refractivity contribution in [1.29, 1.82) is 0 Å². The van der Waals surface area contributed by atoms with E-state index in [0.717, 1.165) is 0 Å². The van der Waals surface area contributed by atoms with Crippen LogP contribution in [0.2, 0.25) is 0 Å². The maximum absolute atomic E-state index is 6.52. The highest BCUT2D eigenvalue weighted by Gasteiger charge is 2.17. The lowest BCUT2D eigenvalue weighted by molar-refractivity contribution is 0.686. The van der Waals surface area contributed by atoms with Crippen molar-refractivity contribution in [2.45, 2.75) is 58.9 Å². The number of hydrogen-bond donors (Lipinski definition) is 1. The fraction of sp³-hybridized carbons (Fsp3) is 0.529. The summed E-state index contributed by atoms with van der Waals surface area (Å²) >= 11 is 0. The Morgan fingerprint density at radius 3 is 2.33 bits per heavy atom. The third kappa shape index (κ3) is 2.84. The van der Waals surface area contributed by atoms with Gasteiger partial charge in [-0.3, -0.25) is 0 Å². The van der Waals surface area contributed by atoms with Crippen LogP contribution in [0.15, 0.2) is 23.8 Å². The summed E-state index contributed by atoms with van der Waals surface area (Å²) in [5.41, 5.74) is 13.3. The lowest BCUT2D eigenvalue weighted by Crippen LogP contribution is -2.16. The summed E-state index contributed by atoms with van der Waals surface area (Å²) in [5.74, 6) is 0. The van der Waals surface area contributed by atoms with E-state index in [4.69, 9.17) is 5.73 Å². The van der Waals surface area contributed by atoms with Gasteiger partial charge in [0.15, 0.2) is 0 Å². The van der Waals surface area contributed by atoms with Gasteiger partial charge in [0, 0.05) is 0 Å². The number of benzene rings is 1. The molecule has 0 saturated heterocycles. The van der Waals surface area contributed by atoms with Gasteiger partial charge in [0.2, 0.25) is 0 Å². The minimum absolute atomic E-state index is 0.101. The van der Waals surface area contributed by atoms with Crippen LogP contribution in [0.5, 0.6) is 0 Å². The van der Waals surface area contributed by atoms with Gasteiger partial charge in [-0.15, -0.1) is 0 Å². The molecule has 0 aliphatic heterocycles. The first-order valence-corrected chi connectivity index (χ1v) is 7.12. The molecule has 1 aromatic rings. The largest absolute Gasteiger partial charge is 0.321 e. The van der Waals surface area contributed by atoms with Crippen LogP contribution in [-0.4, -0.2) is 0 Å². The molecule has 0 amide bonds. The van der Waals surface area contributed by atoms with E-state index in [1.165, 1.54) is 59.9 Å². The van der Waals surface area contributed by atoms with Gasteiger partial charge >= 0.3 is 0 Å². The van der Waals surface area contributed by atoms with Crippen molar-refractivity contribution in [1.82, 2.24) is 0 Å². The molecule has 0 aromatic heterocycles. The molecule has 1 aliphatic carbocycles. The van der Waals surface area contributed by atoms with E-state index >= 15 is 0 Å². The highest BCUT2D eigenvalue weighted by Crippen LogP contribution is 2.31. The molecule has 98 valence electrons.